The van der Waals surface area contributed by atoms with E-state index in [1.54, 1.807) is 0 Å². The minimum Gasteiger partial charge on any atom is -0.822 e. The molecule has 0 atom stereocenters. The van der Waals surface area contributed by atoms with Gasteiger partial charge in [-0.25, -0.2) is 0 Å². The van der Waals surface area contributed by atoms with Gasteiger partial charge in [0.1, 0.15) is 0 Å². The van der Waals surface area contributed by atoms with Crippen LogP contribution in [0.25, 0.3) is 0 Å². The van der Waals surface area contributed by atoms with E-state index in [1.165, 1.54) is 9.72 Å². The van der Waals surface area contributed by atoms with Crippen LogP contribution in [0.4, 0.5) is 5.69 Å². The van der Waals surface area contributed by atoms with Crippen LogP contribution >= 0.6 is 31.0 Å². The van der Waals surface area contributed by atoms with Crippen molar-refractivity contribution in [3.8, 4) is 0 Å². The number of benzene rings is 1. The van der Waals surface area contributed by atoms with Gasteiger partial charge < -0.3 is 19.2 Å². The van der Waals surface area contributed by atoms with Crippen molar-refractivity contribution >= 4 is 40.7 Å². The number of anilines is 1. The van der Waals surface area contributed by atoms with Gasteiger partial charge in [0.15, 0.2) is 0 Å². The SMILES string of the molecule is CN(C)c1cc[c]([Pd-]([C](C)(C)C)[C](C)(C)C(Cl)Cl)cc1.O=P([O-])([O-])[O-]. The summed E-state index contributed by atoms with van der Waals surface area (Å²) in [5.41, 5.74) is 1.22. The quantitative estimate of drug-likeness (QED) is 0.357. The van der Waals surface area contributed by atoms with Gasteiger partial charge in [0.25, 0.3) is 0 Å². The van der Waals surface area contributed by atoms with E-state index in [0.29, 0.717) is 0 Å². The van der Waals surface area contributed by atoms with E-state index in [0.717, 1.165) is 0 Å². The molecule has 0 aromatic heterocycles. The molecule has 0 N–H and O–H groups in total. The molecule has 0 aliphatic carbocycles. The average Bonchev–Trinajstić information content (AvgIpc) is 2.35. The number of alkyl halides is 2. The Hall–Kier alpha value is 0.372. The molecular formula is C16H26Cl2NO4PPd-4. The second-order valence-electron chi connectivity index (χ2n) is 6.78. The van der Waals surface area contributed by atoms with Crippen LogP contribution in [0.5, 0.6) is 0 Å². The molecule has 0 radical (unpaired) electrons. The molecule has 0 heterocycles. The van der Waals surface area contributed by atoms with Gasteiger partial charge in [0.2, 0.25) is 0 Å². The van der Waals surface area contributed by atoms with Gasteiger partial charge in [-0.3, -0.25) is 0 Å². The van der Waals surface area contributed by atoms with Crippen molar-refractivity contribution in [2.24, 2.45) is 0 Å². The Balaban J connectivity index is 0.00000101. The van der Waals surface area contributed by atoms with Gasteiger partial charge in [-0.15, -0.1) is 0 Å². The monoisotopic (exact) mass is 503 g/mol. The van der Waals surface area contributed by atoms with Gasteiger partial charge in [-0.2, -0.15) is 7.82 Å². The predicted molar refractivity (Wildman–Crippen MR) is 97.3 cm³/mol. The van der Waals surface area contributed by atoms with Crippen molar-refractivity contribution in [2.75, 3.05) is 19.0 Å². The Morgan fingerprint density at radius 1 is 1.00 bits per heavy atom. The summed E-state index contributed by atoms with van der Waals surface area (Å²) in [5.74, 6) is 0. The molecule has 1 aromatic rings. The number of halogens is 2. The number of hydrogen-bond acceptors (Lipinski definition) is 5. The summed E-state index contributed by atoms with van der Waals surface area (Å²) in [5, 5.41) is 0. The van der Waals surface area contributed by atoms with Gasteiger partial charge in [-0.1, -0.05) is 0 Å². The number of rotatable bonds is 4. The van der Waals surface area contributed by atoms with E-state index < -0.39 is 24.6 Å². The van der Waals surface area contributed by atoms with Gasteiger partial charge in [0, 0.05) is 0 Å². The zero-order valence-corrected chi connectivity index (χ0v) is 19.4. The maximum Gasteiger partial charge on any atom is -0.159 e. The second-order valence-corrected chi connectivity index (χ2v) is 15.2. The van der Waals surface area contributed by atoms with E-state index in [2.05, 4.69) is 77.9 Å². The van der Waals surface area contributed by atoms with Crippen LogP contribution < -0.4 is 23.6 Å². The van der Waals surface area contributed by atoms with Gasteiger partial charge in [0.05, 0.1) is 0 Å². The Labute approximate surface area is 166 Å². The predicted octanol–water partition coefficient (Wildman–Crippen LogP) is 2.39. The largest absolute Gasteiger partial charge is 0.822 e. The standard InChI is InChI=1S/C8H10N.C4H7Cl2.C4H9.H3O4P.Pd/c1-9(2)8-6-4-3-5-7-8;1-3(2)4(5)6;1-4(2)3;1-5(2,3)4;/h4-7H,1-2H3;4H,1-2H3;1-3H3;(H3,1,2,3,4);/q;;;;-1/p-3. The third-order valence-corrected chi connectivity index (χ3v) is 10.7. The van der Waals surface area contributed by atoms with Gasteiger partial charge in [-0.05, 0) is 0 Å². The van der Waals surface area contributed by atoms with Crippen LogP contribution in [0.15, 0.2) is 24.3 Å². The Bertz CT molecular complexity index is 575. The third kappa shape index (κ3) is 9.22. The third-order valence-electron chi connectivity index (χ3n) is 2.89. The fraction of sp³-hybridized carbons (Fsp3) is 0.625. The normalized spacial score (nSPS) is 13.2. The topological polar surface area (TPSA) is 89.5 Å². The number of hydrogen-bond donors (Lipinski definition) is 0. The molecule has 0 aliphatic rings. The summed E-state index contributed by atoms with van der Waals surface area (Å²) in [4.78, 5) is 27.4. The molecule has 0 spiro atoms. The maximum atomic E-state index is 8.55. The zero-order valence-electron chi connectivity index (χ0n) is 15.5. The first kappa shape index (κ1) is 25.4. The van der Waals surface area contributed by atoms with Crippen molar-refractivity contribution < 1.29 is 36.0 Å². The molecule has 0 saturated carbocycles. The minimum absolute atomic E-state index is 0.0768. The molecule has 0 fully saturated rings. The van der Waals surface area contributed by atoms with E-state index in [1.807, 2.05) is 0 Å². The Morgan fingerprint density at radius 2 is 1.36 bits per heavy atom. The Kier molecular flexibility index (Phi) is 9.67. The molecule has 152 valence electrons. The van der Waals surface area contributed by atoms with Crippen molar-refractivity contribution in [3.05, 3.63) is 24.3 Å². The van der Waals surface area contributed by atoms with Crippen LogP contribution in [0.2, 0.25) is 7.78 Å². The van der Waals surface area contributed by atoms with Crippen LogP contribution in [0.3, 0.4) is 0 Å². The summed E-state index contributed by atoms with van der Waals surface area (Å²) in [6, 6.07) is 8.87. The van der Waals surface area contributed by atoms with Crippen LogP contribution in [0, 0.1) is 0 Å². The summed E-state index contributed by atoms with van der Waals surface area (Å²) in [7, 11) is -1.27. The molecule has 5 nitrogen and oxygen atoms in total. The van der Waals surface area contributed by atoms with E-state index in [4.69, 9.17) is 42.4 Å². The second kappa shape index (κ2) is 9.53. The van der Waals surface area contributed by atoms with Crippen molar-refractivity contribution in [2.45, 2.75) is 47.2 Å². The first-order valence-electron chi connectivity index (χ1n) is 7.37. The smallest absolute Gasteiger partial charge is 0.159 e. The molecule has 9 heteroatoms. The van der Waals surface area contributed by atoms with Crippen LogP contribution in [-0.2, 0) is 21.3 Å². The van der Waals surface area contributed by atoms with Crippen LogP contribution in [0.1, 0.15) is 34.6 Å². The summed E-state index contributed by atoms with van der Waals surface area (Å²) in [6.07, 6.45) is 0. The summed E-state index contributed by atoms with van der Waals surface area (Å²) >= 11 is 11.5. The maximum absolute atomic E-state index is 8.55. The molecule has 0 aliphatic heterocycles. The molecular weight excluding hydrogens is 478 g/mol. The molecule has 25 heavy (non-hydrogen) atoms. The number of phosphoric acid groups is 1. The first-order chi connectivity index (χ1) is 11.0. The van der Waals surface area contributed by atoms with Crippen molar-refractivity contribution in [1.29, 1.82) is 0 Å². The van der Waals surface area contributed by atoms with Gasteiger partial charge >= 0.3 is 140 Å². The molecule has 1 rings (SSSR count). The van der Waals surface area contributed by atoms with E-state index in [-0.39, 0.29) is 12.6 Å². The number of nitrogens with zero attached hydrogens (tertiary/aromatic N) is 1. The fourth-order valence-electron chi connectivity index (χ4n) is 2.02. The van der Waals surface area contributed by atoms with Crippen LogP contribution in [-0.4, -0.2) is 18.9 Å². The molecule has 0 unspecified atom stereocenters. The summed E-state index contributed by atoms with van der Waals surface area (Å²) < 4.78 is 10.1. The van der Waals surface area contributed by atoms with E-state index in [9.17, 15) is 0 Å². The molecule has 0 bridgehead atoms. The molecule has 0 saturated heterocycles. The van der Waals surface area contributed by atoms with E-state index >= 15 is 0 Å². The molecule has 1 aromatic carbocycles. The zero-order chi connectivity index (χ0) is 20.2. The molecule has 0 amide bonds. The van der Waals surface area contributed by atoms with Crippen molar-refractivity contribution in [3.63, 3.8) is 0 Å². The van der Waals surface area contributed by atoms with Crippen molar-refractivity contribution in [1.82, 2.24) is 0 Å². The Morgan fingerprint density at radius 3 is 1.60 bits per heavy atom. The minimum atomic E-state index is -5.39. The fourth-order valence-corrected chi connectivity index (χ4v) is 9.46. The average molecular weight is 505 g/mol. The first-order valence-corrected chi connectivity index (χ1v) is 12.0. The summed E-state index contributed by atoms with van der Waals surface area (Å²) in [6.45, 7) is 11.3.